The summed E-state index contributed by atoms with van der Waals surface area (Å²) < 4.78 is 0. The fraction of sp³-hybridized carbons (Fsp3) is 0.167. The van der Waals surface area contributed by atoms with Crippen LogP contribution in [0, 0.1) is 0 Å². The first-order chi connectivity index (χ1) is 8.69. The van der Waals surface area contributed by atoms with Gasteiger partial charge in [-0.05, 0) is 12.1 Å². The molecular formula is C12H10Cl2N2OS. The van der Waals surface area contributed by atoms with Crippen molar-refractivity contribution in [2.24, 2.45) is 0 Å². The highest BCUT2D eigenvalue weighted by molar-refractivity contribution is 7.98. The number of hydrogen-bond acceptors (Lipinski definition) is 3. The minimum Gasteiger partial charge on any atom is -0.310 e. The van der Waals surface area contributed by atoms with Crippen LogP contribution in [0.1, 0.15) is 11.5 Å². The van der Waals surface area contributed by atoms with Crippen molar-refractivity contribution in [3.05, 3.63) is 57.2 Å². The number of alkyl halides is 1. The van der Waals surface area contributed by atoms with E-state index in [2.05, 4.69) is 9.97 Å². The lowest BCUT2D eigenvalue weighted by atomic mass is 10.4. The van der Waals surface area contributed by atoms with Crippen LogP contribution < -0.4 is 5.56 Å². The van der Waals surface area contributed by atoms with Crippen molar-refractivity contribution in [2.75, 3.05) is 0 Å². The summed E-state index contributed by atoms with van der Waals surface area (Å²) in [6, 6.07) is 8.95. The summed E-state index contributed by atoms with van der Waals surface area (Å²) in [5.74, 6) is 1.38. The van der Waals surface area contributed by atoms with Gasteiger partial charge in [-0.25, -0.2) is 4.98 Å². The topological polar surface area (TPSA) is 45.8 Å². The molecule has 0 fully saturated rings. The van der Waals surface area contributed by atoms with Gasteiger partial charge >= 0.3 is 0 Å². The van der Waals surface area contributed by atoms with Gasteiger partial charge in [-0.3, -0.25) is 4.79 Å². The number of halogens is 2. The summed E-state index contributed by atoms with van der Waals surface area (Å²) in [6.45, 7) is 0. The second-order valence-electron chi connectivity index (χ2n) is 3.54. The summed E-state index contributed by atoms with van der Waals surface area (Å²) in [5, 5.41) is 0.693. The lowest BCUT2D eigenvalue weighted by molar-refractivity contribution is 0.959. The highest BCUT2D eigenvalue weighted by Crippen LogP contribution is 2.28. The third kappa shape index (κ3) is 3.51. The molecule has 0 amide bonds. The summed E-state index contributed by atoms with van der Waals surface area (Å²) in [7, 11) is 0. The molecule has 0 unspecified atom stereocenters. The monoisotopic (exact) mass is 300 g/mol. The molecule has 1 aromatic heterocycles. The number of benzene rings is 1. The first kappa shape index (κ1) is 13.5. The van der Waals surface area contributed by atoms with Crippen LogP contribution >= 0.6 is 35.0 Å². The fourth-order valence-electron chi connectivity index (χ4n) is 1.41. The van der Waals surface area contributed by atoms with Crippen molar-refractivity contribution in [1.82, 2.24) is 9.97 Å². The minimum atomic E-state index is -0.185. The molecule has 1 N–H and O–H groups in total. The minimum absolute atomic E-state index is 0.185. The molecule has 1 aromatic carbocycles. The van der Waals surface area contributed by atoms with E-state index in [0.29, 0.717) is 22.3 Å². The largest absolute Gasteiger partial charge is 0.310 e. The van der Waals surface area contributed by atoms with Crippen LogP contribution in [-0.4, -0.2) is 9.97 Å². The maximum absolute atomic E-state index is 11.4. The zero-order chi connectivity index (χ0) is 13.0. The van der Waals surface area contributed by atoms with E-state index in [1.54, 1.807) is 0 Å². The Morgan fingerprint density at radius 2 is 2.11 bits per heavy atom. The number of aromatic amines is 1. The predicted octanol–water partition coefficient (Wildman–Crippen LogP) is 3.45. The van der Waals surface area contributed by atoms with Crippen LogP contribution in [0.25, 0.3) is 0 Å². The first-order valence-electron chi connectivity index (χ1n) is 5.21. The van der Waals surface area contributed by atoms with Crippen molar-refractivity contribution < 1.29 is 0 Å². The average Bonchev–Trinajstić information content (AvgIpc) is 2.37. The second-order valence-corrected chi connectivity index (χ2v) is 5.23. The molecule has 94 valence electrons. The molecule has 0 spiro atoms. The van der Waals surface area contributed by atoms with Crippen molar-refractivity contribution in [3.8, 4) is 0 Å². The Hall–Kier alpha value is -0.970. The van der Waals surface area contributed by atoms with E-state index in [9.17, 15) is 4.79 Å². The number of H-pyrrole nitrogens is 1. The molecule has 0 atom stereocenters. The van der Waals surface area contributed by atoms with Crippen molar-refractivity contribution in [3.63, 3.8) is 0 Å². The number of thioether (sulfide) groups is 1. The van der Waals surface area contributed by atoms with Gasteiger partial charge < -0.3 is 4.98 Å². The average molecular weight is 301 g/mol. The lowest BCUT2D eigenvalue weighted by Gasteiger charge is -2.04. The van der Waals surface area contributed by atoms with E-state index < -0.39 is 0 Å². The quantitative estimate of drug-likeness (QED) is 0.695. The van der Waals surface area contributed by atoms with Crippen molar-refractivity contribution >= 4 is 35.0 Å². The Balaban J connectivity index is 2.13. The highest BCUT2D eigenvalue weighted by Gasteiger charge is 2.04. The van der Waals surface area contributed by atoms with Gasteiger partial charge in [-0.1, -0.05) is 23.7 Å². The Bertz CT molecular complexity index is 601. The van der Waals surface area contributed by atoms with Gasteiger partial charge in [0.05, 0.1) is 22.3 Å². The van der Waals surface area contributed by atoms with Gasteiger partial charge in [0.1, 0.15) is 5.82 Å². The van der Waals surface area contributed by atoms with Crippen LogP contribution in [0.3, 0.4) is 0 Å². The Labute approximate surface area is 119 Å². The van der Waals surface area contributed by atoms with Gasteiger partial charge in [0.25, 0.3) is 5.56 Å². The number of hydrogen-bond donors (Lipinski definition) is 1. The first-order valence-corrected chi connectivity index (χ1v) is 7.11. The zero-order valence-corrected chi connectivity index (χ0v) is 11.6. The summed E-state index contributed by atoms with van der Waals surface area (Å²) in [5.41, 5.74) is 0.394. The molecule has 0 bridgehead atoms. The van der Waals surface area contributed by atoms with Crippen LogP contribution in [0.4, 0.5) is 0 Å². The van der Waals surface area contributed by atoms with Crippen molar-refractivity contribution in [2.45, 2.75) is 16.5 Å². The smallest absolute Gasteiger partial charge is 0.251 e. The predicted molar refractivity (Wildman–Crippen MR) is 75.4 cm³/mol. The molecule has 0 aliphatic heterocycles. The molecule has 6 heteroatoms. The molecule has 0 aliphatic rings. The van der Waals surface area contributed by atoms with E-state index in [0.717, 1.165) is 4.90 Å². The molecule has 2 aromatic rings. The summed E-state index contributed by atoms with van der Waals surface area (Å²) in [6.07, 6.45) is 0. The van der Waals surface area contributed by atoms with E-state index in [1.165, 1.54) is 17.8 Å². The molecule has 3 nitrogen and oxygen atoms in total. The third-order valence-corrected chi connectivity index (χ3v) is 3.98. The third-order valence-electron chi connectivity index (χ3n) is 2.18. The number of nitrogens with zero attached hydrogens (tertiary/aromatic N) is 1. The standard InChI is InChI=1S/C12H10Cl2N2OS/c13-6-8-5-12(17)16-11(15-8)7-18-10-4-2-1-3-9(10)14/h1-5H,6-7H2,(H,15,16,17). The van der Waals surface area contributed by atoms with Gasteiger partial charge in [0.2, 0.25) is 0 Å². The molecule has 0 aliphatic carbocycles. The number of rotatable bonds is 4. The molecule has 2 rings (SSSR count). The maximum atomic E-state index is 11.4. The fourth-order valence-corrected chi connectivity index (χ4v) is 2.65. The SMILES string of the molecule is O=c1cc(CCl)nc(CSc2ccccc2Cl)[nH]1. The van der Waals surface area contributed by atoms with Crippen LogP contribution in [0.5, 0.6) is 0 Å². The Morgan fingerprint density at radius 1 is 1.33 bits per heavy atom. The Morgan fingerprint density at radius 3 is 2.83 bits per heavy atom. The normalized spacial score (nSPS) is 10.6. The zero-order valence-electron chi connectivity index (χ0n) is 9.32. The van der Waals surface area contributed by atoms with Crippen molar-refractivity contribution in [1.29, 1.82) is 0 Å². The molecule has 0 saturated carbocycles. The van der Waals surface area contributed by atoms with Crippen LogP contribution in [0.2, 0.25) is 5.02 Å². The summed E-state index contributed by atoms with van der Waals surface area (Å²) in [4.78, 5) is 19.2. The number of aromatic nitrogens is 2. The number of nitrogens with one attached hydrogen (secondary N) is 1. The van der Waals surface area contributed by atoms with Crippen LogP contribution in [-0.2, 0) is 11.6 Å². The van der Waals surface area contributed by atoms with Gasteiger partial charge in [-0.2, -0.15) is 0 Å². The van der Waals surface area contributed by atoms with E-state index in [-0.39, 0.29) is 11.4 Å². The molecule has 0 saturated heterocycles. The lowest BCUT2D eigenvalue weighted by Crippen LogP contribution is -2.11. The van der Waals surface area contributed by atoms with E-state index >= 15 is 0 Å². The van der Waals surface area contributed by atoms with Gasteiger partial charge in [0.15, 0.2) is 0 Å². The molecule has 1 heterocycles. The molecule has 18 heavy (non-hydrogen) atoms. The second kappa shape index (κ2) is 6.27. The maximum Gasteiger partial charge on any atom is 0.251 e. The highest BCUT2D eigenvalue weighted by atomic mass is 35.5. The van der Waals surface area contributed by atoms with Crippen LogP contribution in [0.15, 0.2) is 40.0 Å². The van der Waals surface area contributed by atoms with E-state index in [1.807, 2.05) is 24.3 Å². The van der Waals surface area contributed by atoms with Gasteiger partial charge in [-0.15, -0.1) is 23.4 Å². The Kier molecular flexibility index (Phi) is 4.69. The van der Waals surface area contributed by atoms with E-state index in [4.69, 9.17) is 23.2 Å². The van der Waals surface area contributed by atoms with Gasteiger partial charge in [0, 0.05) is 11.0 Å². The summed E-state index contributed by atoms with van der Waals surface area (Å²) >= 11 is 13.2. The molecular weight excluding hydrogens is 291 g/mol. The molecule has 0 radical (unpaired) electrons.